The van der Waals surface area contributed by atoms with Crippen LogP contribution in [0.15, 0.2) is 41.5 Å². The van der Waals surface area contributed by atoms with Gasteiger partial charge in [-0.2, -0.15) is 0 Å². The third-order valence-electron chi connectivity index (χ3n) is 7.10. The number of allylic oxidation sites excluding steroid dienone is 2. The van der Waals surface area contributed by atoms with Gasteiger partial charge >= 0.3 is 5.69 Å². The highest BCUT2D eigenvalue weighted by Crippen LogP contribution is 2.30. The number of aryl methyl sites for hydroxylation is 1. The first-order chi connectivity index (χ1) is 16.6. The van der Waals surface area contributed by atoms with Crippen LogP contribution in [0, 0.1) is 6.92 Å². The molecule has 0 radical (unpaired) electrons. The summed E-state index contributed by atoms with van der Waals surface area (Å²) in [7, 11) is 0. The molecule has 2 atom stereocenters. The van der Waals surface area contributed by atoms with Gasteiger partial charge in [-0.15, -0.1) is 0 Å². The SMILES string of the molecule is Cc1nc2c(cc1-c1cnc3[nH]ccc3c1)n(C[C@H]1CC[C@@H](O)CO1)c(=O)n2C1=CCCCC1. The van der Waals surface area contributed by atoms with E-state index in [-0.39, 0.29) is 11.8 Å². The fourth-order valence-corrected chi connectivity index (χ4v) is 5.24. The molecule has 2 aliphatic rings. The van der Waals surface area contributed by atoms with Crippen LogP contribution in [0.2, 0.25) is 0 Å². The lowest BCUT2D eigenvalue weighted by Gasteiger charge is -2.26. The zero-order valence-corrected chi connectivity index (χ0v) is 19.3. The van der Waals surface area contributed by atoms with Crippen molar-refractivity contribution in [2.24, 2.45) is 0 Å². The number of aliphatic hydroxyl groups is 1. The number of hydrogen-bond acceptors (Lipinski definition) is 5. The van der Waals surface area contributed by atoms with Gasteiger partial charge in [0.15, 0.2) is 5.65 Å². The smallest absolute Gasteiger partial charge is 0.334 e. The molecular formula is C26H29N5O3. The van der Waals surface area contributed by atoms with E-state index in [1.807, 2.05) is 30.0 Å². The van der Waals surface area contributed by atoms with Crippen LogP contribution in [0.4, 0.5) is 0 Å². The number of nitrogens with zero attached hydrogens (tertiary/aromatic N) is 4. The molecule has 8 nitrogen and oxygen atoms in total. The molecule has 2 N–H and O–H groups in total. The third-order valence-corrected chi connectivity index (χ3v) is 7.10. The molecule has 6 rings (SSSR count). The second kappa shape index (κ2) is 8.52. The summed E-state index contributed by atoms with van der Waals surface area (Å²) in [6.07, 6.45) is 10.9. The summed E-state index contributed by atoms with van der Waals surface area (Å²) in [5.74, 6) is 0. The van der Waals surface area contributed by atoms with Gasteiger partial charge in [-0.05, 0) is 63.6 Å². The number of imidazole rings is 1. The van der Waals surface area contributed by atoms with Crippen molar-refractivity contribution in [2.75, 3.05) is 6.61 Å². The number of fused-ring (bicyclic) bond motifs is 2. The largest absolute Gasteiger partial charge is 0.391 e. The Morgan fingerprint density at radius 2 is 2.18 bits per heavy atom. The summed E-state index contributed by atoms with van der Waals surface area (Å²) in [5, 5.41) is 10.9. The summed E-state index contributed by atoms with van der Waals surface area (Å²) in [6, 6.07) is 6.18. The maximum Gasteiger partial charge on any atom is 0.334 e. The fourth-order valence-electron chi connectivity index (χ4n) is 5.24. The van der Waals surface area contributed by atoms with Gasteiger partial charge in [-0.1, -0.05) is 6.08 Å². The van der Waals surface area contributed by atoms with E-state index < -0.39 is 6.10 Å². The minimum Gasteiger partial charge on any atom is -0.391 e. The van der Waals surface area contributed by atoms with Gasteiger partial charge in [0, 0.05) is 40.3 Å². The van der Waals surface area contributed by atoms with Gasteiger partial charge in [0.05, 0.1) is 30.9 Å². The van der Waals surface area contributed by atoms with Crippen LogP contribution in [0.5, 0.6) is 0 Å². The van der Waals surface area contributed by atoms with E-state index in [0.29, 0.717) is 25.2 Å². The second-order valence-corrected chi connectivity index (χ2v) is 9.46. The topological polar surface area (TPSA) is 98.0 Å². The van der Waals surface area contributed by atoms with Gasteiger partial charge in [0.2, 0.25) is 0 Å². The van der Waals surface area contributed by atoms with E-state index in [4.69, 9.17) is 9.72 Å². The molecule has 34 heavy (non-hydrogen) atoms. The van der Waals surface area contributed by atoms with Crippen LogP contribution in [0.1, 0.15) is 44.2 Å². The zero-order chi connectivity index (χ0) is 23.2. The lowest BCUT2D eigenvalue weighted by Crippen LogP contribution is -2.35. The van der Waals surface area contributed by atoms with Crippen LogP contribution >= 0.6 is 0 Å². The predicted molar refractivity (Wildman–Crippen MR) is 132 cm³/mol. The molecule has 1 aliphatic carbocycles. The number of H-pyrrole nitrogens is 1. The molecule has 4 aromatic rings. The quantitative estimate of drug-likeness (QED) is 0.481. The second-order valence-electron chi connectivity index (χ2n) is 9.46. The van der Waals surface area contributed by atoms with Gasteiger partial charge in [0.25, 0.3) is 0 Å². The van der Waals surface area contributed by atoms with Crippen LogP contribution in [0.25, 0.3) is 39.0 Å². The molecule has 0 bridgehead atoms. The highest BCUT2D eigenvalue weighted by atomic mass is 16.5. The summed E-state index contributed by atoms with van der Waals surface area (Å²) in [5.41, 5.74) is 6.12. The Kier molecular flexibility index (Phi) is 5.34. The first kappa shape index (κ1) is 21.3. The van der Waals surface area contributed by atoms with Crippen molar-refractivity contribution in [3.63, 3.8) is 0 Å². The Morgan fingerprint density at radius 1 is 1.26 bits per heavy atom. The summed E-state index contributed by atoms with van der Waals surface area (Å²) in [6.45, 7) is 2.75. The molecule has 1 fully saturated rings. The lowest BCUT2D eigenvalue weighted by atomic mass is 10.0. The van der Waals surface area contributed by atoms with Gasteiger partial charge in [0.1, 0.15) is 5.65 Å². The predicted octanol–water partition coefficient (Wildman–Crippen LogP) is 4.00. The maximum atomic E-state index is 13.7. The summed E-state index contributed by atoms with van der Waals surface area (Å²) < 4.78 is 9.48. The van der Waals surface area contributed by atoms with Crippen LogP contribution in [-0.4, -0.2) is 48.0 Å². The number of aliphatic hydroxyl groups excluding tert-OH is 1. The summed E-state index contributed by atoms with van der Waals surface area (Å²) >= 11 is 0. The molecule has 4 aromatic heterocycles. The van der Waals surface area contributed by atoms with Gasteiger partial charge < -0.3 is 14.8 Å². The van der Waals surface area contributed by atoms with E-state index in [0.717, 1.165) is 71.2 Å². The Bertz CT molecular complexity index is 1450. The number of rotatable bonds is 4. The first-order valence-corrected chi connectivity index (χ1v) is 12.1. The molecule has 0 unspecified atom stereocenters. The highest BCUT2D eigenvalue weighted by Gasteiger charge is 2.25. The molecule has 176 valence electrons. The van der Waals surface area contributed by atoms with Crippen molar-refractivity contribution in [3.05, 3.63) is 52.8 Å². The molecule has 8 heteroatoms. The van der Waals surface area contributed by atoms with Crippen molar-refractivity contribution in [3.8, 4) is 11.1 Å². The normalized spacial score (nSPS) is 21.3. The fraction of sp³-hybridized carbons (Fsp3) is 0.423. The van der Waals surface area contributed by atoms with Crippen molar-refractivity contribution in [2.45, 2.75) is 64.2 Å². The Hall–Kier alpha value is -3.23. The average molecular weight is 460 g/mol. The number of hydrogen-bond donors (Lipinski definition) is 2. The number of ether oxygens (including phenoxy) is 1. The molecular weight excluding hydrogens is 430 g/mol. The number of pyridine rings is 2. The molecule has 0 spiro atoms. The third kappa shape index (κ3) is 3.67. The standard InChI is InChI=1S/C26H29N5O3/c1-16-22(18-11-17-9-10-27-24(17)28-13-18)12-23-25(29-16)31(19-5-3-2-4-6-19)26(33)30(23)14-21-8-7-20(32)15-34-21/h5,9-13,20-21,32H,2-4,6-8,14-15H2,1H3,(H,27,28)/t20-,21-/m1/s1. The van der Waals surface area contributed by atoms with E-state index >= 15 is 0 Å². The van der Waals surface area contributed by atoms with E-state index in [1.54, 1.807) is 4.57 Å². The Balaban J connectivity index is 1.51. The molecule has 0 aromatic carbocycles. The monoisotopic (exact) mass is 459 g/mol. The minimum atomic E-state index is -0.423. The van der Waals surface area contributed by atoms with E-state index in [9.17, 15) is 9.90 Å². The molecule has 1 saturated heterocycles. The zero-order valence-electron chi connectivity index (χ0n) is 19.3. The van der Waals surface area contributed by atoms with Crippen molar-refractivity contribution >= 4 is 27.9 Å². The Morgan fingerprint density at radius 3 is 2.97 bits per heavy atom. The number of aromatic amines is 1. The minimum absolute atomic E-state index is 0.0684. The van der Waals surface area contributed by atoms with Crippen molar-refractivity contribution in [1.29, 1.82) is 0 Å². The summed E-state index contributed by atoms with van der Waals surface area (Å²) in [4.78, 5) is 26.4. The first-order valence-electron chi connectivity index (χ1n) is 12.1. The van der Waals surface area contributed by atoms with Crippen LogP contribution < -0.4 is 5.69 Å². The van der Waals surface area contributed by atoms with Crippen LogP contribution in [-0.2, 0) is 11.3 Å². The molecule has 5 heterocycles. The average Bonchev–Trinajstić information content (AvgIpc) is 3.42. The van der Waals surface area contributed by atoms with Crippen LogP contribution in [0.3, 0.4) is 0 Å². The Labute approximate surface area is 196 Å². The van der Waals surface area contributed by atoms with Gasteiger partial charge in [-0.25, -0.2) is 19.3 Å². The molecule has 0 amide bonds. The maximum absolute atomic E-state index is 13.7. The number of nitrogens with one attached hydrogen (secondary N) is 1. The highest BCUT2D eigenvalue weighted by molar-refractivity contribution is 5.86. The lowest BCUT2D eigenvalue weighted by molar-refractivity contribution is -0.0609. The number of aromatic nitrogens is 5. The van der Waals surface area contributed by atoms with Gasteiger partial charge in [-0.3, -0.25) is 4.57 Å². The van der Waals surface area contributed by atoms with E-state index in [1.165, 1.54) is 0 Å². The van der Waals surface area contributed by atoms with Crippen molar-refractivity contribution < 1.29 is 9.84 Å². The van der Waals surface area contributed by atoms with Crippen molar-refractivity contribution in [1.82, 2.24) is 24.1 Å². The molecule has 1 aliphatic heterocycles. The molecule has 0 saturated carbocycles. The van der Waals surface area contributed by atoms with E-state index in [2.05, 4.69) is 28.2 Å².